The normalized spacial score (nSPS) is 9.82. The Morgan fingerprint density at radius 2 is 0.841 bits per heavy atom. The summed E-state index contributed by atoms with van der Waals surface area (Å²) in [7, 11) is 4.03. The van der Waals surface area contributed by atoms with Gasteiger partial charge in [-0.05, 0) is 82.9 Å². The summed E-state index contributed by atoms with van der Waals surface area (Å²) in [5.41, 5.74) is 5.76. The summed E-state index contributed by atoms with van der Waals surface area (Å²) >= 11 is 0. The number of carboxylic acids is 2. The molecular weight excluding hydrogens is 560 g/mol. The van der Waals surface area contributed by atoms with Crippen LogP contribution >= 0.6 is 0 Å². The number of rotatable bonds is 6. The molecule has 0 aliphatic rings. The van der Waals surface area contributed by atoms with Crippen LogP contribution in [0.15, 0.2) is 122 Å². The Bertz CT molecular complexity index is 1560. The van der Waals surface area contributed by atoms with Crippen LogP contribution in [0.4, 0.5) is 16.2 Å². The first-order valence-corrected chi connectivity index (χ1v) is 13.3. The number of aromatic nitrogens is 2. The van der Waals surface area contributed by atoms with Crippen LogP contribution in [0, 0.1) is 0 Å². The van der Waals surface area contributed by atoms with Crippen molar-refractivity contribution in [3.05, 3.63) is 133 Å². The molecule has 0 unspecified atom stereocenters. The van der Waals surface area contributed by atoms with Gasteiger partial charge in [-0.2, -0.15) is 0 Å². The lowest BCUT2D eigenvalue weighted by molar-refractivity contribution is 0.0686. The van der Waals surface area contributed by atoms with E-state index in [-0.39, 0.29) is 11.1 Å². The first-order valence-electron chi connectivity index (χ1n) is 13.3. The van der Waals surface area contributed by atoms with Gasteiger partial charge in [0.05, 0.1) is 11.1 Å². The van der Waals surface area contributed by atoms with Gasteiger partial charge in [-0.3, -0.25) is 19.8 Å². The van der Waals surface area contributed by atoms with E-state index in [1.54, 1.807) is 24.3 Å². The van der Waals surface area contributed by atoms with Crippen molar-refractivity contribution < 1.29 is 29.7 Å². The van der Waals surface area contributed by atoms with Crippen LogP contribution in [0.3, 0.4) is 0 Å². The summed E-state index contributed by atoms with van der Waals surface area (Å²) in [5, 5.41) is 25.1. The van der Waals surface area contributed by atoms with Crippen molar-refractivity contribution in [1.29, 1.82) is 0 Å². The van der Waals surface area contributed by atoms with Crippen LogP contribution < -0.4 is 9.80 Å². The largest absolute Gasteiger partial charge is 0.478 e. The van der Waals surface area contributed by atoms with Crippen molar-refractivity contribution in [2.75, 3.05) is 31.0 Å². The zero-order valence-electron chi connectivity index (χ0n) is 24.4. The quantitative estimate of drug-likeness (QED) is 0.212. The Morgan fingerprint density at radius 1 is 0.523 bits per heavy atom. The highest BCUT2D eigenvalue weighted by Crippen LogP contribution is 2.24. The molecule has 3 aromatic carbocycles. The number of hydrogen-bond donors (Lipinski definition) is 3. The Labute approximate surface area is 255 Å². The fraction of sp³-hybridized carbons (Fsp3) is 0.0882. The Morgan fingerprint density at radius 3 is 1.16 bits per heavy atom. The highest BCUT2D eigenvalue weighted by molar-refractivity contribution is 6.04. The van der Waals surface area contributed by atoms with E-state index in [1.807, 2.05) is 49.1 Å². The highest BCUT2D eigenvalue weighted by atomic mass is 16.4. The molecule has 0 aliphatic heterocycles. The molecule has 2 amide bonds. The maximum Gasteiger partial charge on any atom is 0.335 e. The number of pyridine rings is 2. The molecule has 0 aliphatic carbocycles. The second kappa shape index (κ2) is 15.9. The van der Waals surface area contributed by atoms with E-state index in [0.717, 1.165) is 7.11 Å². The van der Waals surface area contributed by atoms with Gasteiger partial charge in [-0.15, -0.1) is 0 Å². The van der Waals surface area contributed by atoms with Crippen LogP contribution in [0.1, 0.15) is 20.7 Å². The van der Waals surface area contributed by atoms with Gasteiger partial charge in [0.2, 0.25) is 0 Å². The molecule has 0 bridgehead atoms. The van der Waals surface area contributed by atoms with Gasteiger partial charge in [-0.1, -0.05) is 36.4 Å². The first-order chi connectivity index (χ1) is 21.2. The smallest absolute Gasteiger partial charge is 0.335 e. The lowest BCUT2D eigenvalue weighted by Crippen LogP contribution is -2.39. The number of hydrogen-bond acceptors (Lipinski definition) is 6. The van der Waals surface area contributed by atoms with Crippen molar-refractivity contribution in [2.45, 2.75) is 0 Å². The molecule has 0 saturated heterocycles. The lowest BCUT2D eigenvalue weighted by Gasteiger charge is -2.25. The number of benzene rings is 3. The van der Waals surface area contributed by atoms with E-state index in [4.69, 9.17) is 15.3 Å². The average molecular weight is 593 g/mol. The van der Waals surface area contributed by atoms with E-state index in [1.165, 1.54) is 70.4 Å². The van der Waals surface area contributed by atoms with Gasteiger partial charge >= 0.3 is 18.0 Å². The number of carbonyl (C=O) groups excluding carboxylic acids is 1. The molecule has 2 heterocycles. The van der Waals surface area contributed by atoms with E-state index >= 15 is 0 Å². The molecule has 10 heteroatoms. The molecule has 3 N–H and O–H groups in total. The van der Waals surface area contributed by atoms with Gasteiger partial charge in [0, 0.05) is 57.4 Å². The van der Waals surface area contributed by atoms with Gasteiger partial charge in [0.1, 0.15) is 0 Å². The molecule has 224 valence electrons. The number of urea groups is 1. The summed E-state index contributed by atoms with van der Waals surface area (Å²) in [6.07, 6.45) is 7.25. The predicted molar refractivity (Wildman–Crippen MR) is 170 cm³/mol. The number of aliphatic hydroxyl groups is 1. The Hall–Kier alpha value is -5.87. The standard InChI is InChI=1S/C17H16N2O5.C16H12N2.CH4O/c1-18(13-7-3-5-11(9-13)15(20)21)17(24)19(2)14-8-4-6-12(10-14)16(22)23;1-2-14(16-7-11-18-12-8-16)4-3-13(1)15-5-9-17-10-6-15;1-2/h3-10H,1-2H3,(H,20,21)(H,22,23);1-12H;2H,1H3. The van der Waals surface area contributed by atoms with Crippen molar-refractivity contribution in [3.63, 3.8) is 0 Å². The second-order valence-electron chi connectivity index (χ2n) is 9.16. The van der Waals surface area contributed by atoms with Crippen molar-refractivity contribution in [2.24, 2.45) is 0 Å². The number of amides is 2. The number of carboxylic acid groups (broad SMARTS) is 2. The minimum atomic E-state index is -1.08. The molecule has 10 nitrogen and oxygen atoms in total. The number of nitrogens with zero attached hydrogens (tertiary/aromatic N) is 4. The van der Waals surface area contributed by atoms with E-state index in [2.05, 4.69) is 34.2 Å². The van der Waals surface area contributed by atoms with Gasteiger partial charge in [-0.25, -0.2) is 14.4 Å². The Kier molecular flexibility index (Phi) is 11.8. The Balaban J connectivity index is 0.000000235. The molecule has 5 rings (SSSR count). The van der Waals surface area contributed by atoms with Crippen LogP contribution in [-0.2, 0) is 0 Å². The number of aliphatic hydroxyl groups excluding tert-OH is 1. The molecule has 0 atom stereocenters. The summed E-state index contributed by atoms with van der Waals surface area (Å²) in [6, 6.07) is 28.1. The minimum absolute atomic E-state index is 0.0719. The maximum atomic E-state index is 12.6. The molecule has 2 aromatic heterocycles. The number of carbonyl (C=O) groups is 3. The SMILES string of the molecule is CN(C(=O)N(C)c1cccc(C(=O)O)c1)c1cccc(C(=O)O)c1.CO.c1cc(-c2ccc(-c3ccncc3)cc2)ccn1. The monoisotopic (exact) mass is 592 g/mol. The third-order valence-corrected chi connectivity index (χ3v) is 6.45. The third-order valence-electron chi connectivity index (χ3n) is 6.45. The van der Waals surface area contributed by atoms with E-state index < -0.39 is 18.0 Å². The van der Waals surface area contributed by atoms with Crippen molar-refractivity contribution in [3.8, 4) is 22.3 Å². The molecule has 0 radical (unpaired) electrons. The van der Waals surface area contributed by atoms with Crippen molar-refractivity contribution in [1.82, 2.24) is 9.97 Å². The molecule has 5 aromatic rings. The molecule has 0 spiro atoms. The summed E-state index contributed by atoms with van der Waals surface area (Å²) in [5.74, 6) is -2.17. The van der Waals surface area contributed by atoms with Crippen LogP contribution in [-0.4, -0.2) is 64.5 Å². The number of aromatic carboxylic acids is 2. The molecular formula is C34H32N4O6. The van der Waals surface area contributed by atoms with Gasteiger partial charge in [0.15, 0.2) is 0 Å². The zero-order valence-corrected chi connectivity index (χ0v) is 24.4. The van der Waals surface area contributed by atoms with E-state index in [9.17, 15) is 14.4 Å². The van der Waals surface area contributed by atoms with Crippen LogP contribution in [0.25, 0.3) is 22.3 Å². The highest BCUT2D eigenvalue weighted by Gasteiger charge is 2.19. The summed E-state index contributed by atoms with van der Waals surface area (Å²) in [6.45, 7) is 0. The number of anilines is 2. The van der Waals surface area contributed by atoms with Crippen LogP contribution in [0.2, 0.25) is 0 Å². The lowest BCUT2D eigenvalue weighted by atomic mass is 10.0. The summed E-state index contributed by atoms with van der Waals surface area (Å²) in [4.78, 5) is 45.3. The first kappa shape index (κ1) is 32.6. The second-order valence-corrected chi connectivity index (χ2v) is 9.16. The fourth-order valence-corrected chi connectivity index (χ4v) is 4.08. The summed E-state index contributed by atoms with van der Waals surface area (Å²) < 4.78 is 0. The minimum Gasteiger partial charge on any atom is -0.478 e. The molecule has 0 fully saturated rings. The topological polar surface area (TPSA) is 144 Å². The fourth-order valence-electron chi connectivity index (χ4n) is 4.08. The average Bonchev–Trinajstić information content (AvgIpc) is 3.09. The van der Waals surface area contributed by atoms with Crippen LogP contribution in [0.5, 0.6) is 0 Å². The molecule has 44 heavy (non-hydrogen) atoms. The predicted octanol–water partition coefficient (Wildman–Crippen LogP) is 6.19. The zero-order chi connectivity index (χ0) is 32.1. The maximum absolute atomic E-state index is 12.6. The third kappa shape index (κ3) is 8.57. The van der Waals surface area contributed by atoms with E-state index in [0.29, 0.717) is 11.4 Å². The molecule has 0 saturated carbocycles. The van der Waals surface area contributed by atoms with Crippen molar-refractivity contribution >= 4 is 29.3 Å². The van der Waals surface area contributed by atoms with Gasteiger partial charge < -0.3 is 15.3 Å². The van der Waals surface area contributed by atoms with Gasteiger partial charge in [0.25, 0.3) is 0 Å².